The molecule has 0 aliphatic carbocycles. The Morgan fingerprint density at radius 2 is 1.87 bits per heavy atom. The molecule has 0 spiro atoms. The van der Waals surface area contributed by atoms with Gasteiger partial charge in [0.2, 0.25) is 0 Å². The summed E-state index contributed by atoms with van der Waals surface area (Å²) in [4.78, 5) is 11.1. The van der Waals surface area contributed by atoms with Crippen LogP contribution in [-0.2, 0) is 11.2 Å². The van der Waals surface area contributed by atoms with E-state index < -0.39 is 0 Å². The van der Waals surface area contributed by atoms with Crippen molar-refractivity contribution in [2.75, 3.05) is 0 Å². The van der Waals surface area contributed by atoms with Gasteiger partial charge in [-0.05, 0) is 49.9 Å². The summed E-state index contributed by atoms with van der Waals surface area (Å²) in [6.45, 7) is 7.22. The molecular formula is C13H17FO. The molecule has 1 rings (SSSR count). The molecule has 0 bridgehead atoms. The highest BCUT2D eigenvalue weighted by Gasteiger charge is 2.12. The molecule has 0 aliphatic heterocycles. The number of halogens is 1. The fourth-order valence-electron chi connectivity index (χ4n) is 1.47. The van der Waals surface area contributed by atoms with Crippen molar-refractivity contribution in [2.45, 2.75) is 34.1 Å². The van der Waals surface area contributed by atoms with Crippen molar-refractivity contribution in [1.29, 1.82) is 0 Å². The van der Waals surface area contributed by atoms with Crippen molar-refractivity contribution >= 4 is 5.78 Å². The van der Waals surface area contributed by atoms with Crippen LogP contribution in [0.2, 0.25) is 0 Å². The molecular weight excluding hydrogens is 190 g/mol. The number of rotatable bonds is 3. The Morgan fingerprint density at radius 3 is 2.40 bits per heavy atom. The third kappa shape index (κ3) is 2.88. The van der Waals surface area contributed by atoms with Crippen molar-refractivity contribution in [2.24, 2.45) is 5.92 Å². The van der Waals surface area contributed by atoms with Gasteiger partial charge in [0.25, 0.3) is 0 Å². The van der Waals surface area contributed by atoms with Gasteiger partial charge in [-0.1, -0.05) is 13.0 Å². The smallest absolute Gasteiger partial charge is 0.132 e. The lowest BCUT2D eigenvalue weighted by atomic mass is 9.95. The summed E-state index contributed by atoms with van der Waals surface area (Å²) >= 11 is 0. The number of carbonyl (C=O) groups excluding carboxylic acids is 1. The molecule has 1 aromatic carbocycles. The van der Waals surface area contributed by atoms with Crippen molar-refractivity contribution < 1.29 is 9.18 Å². The Morgan fingerprint density at radius 1 is 1.33 bits per heavy atom. The highest BCUT2D eigenvalue weighted by molar-refractivity contribution is 5.78. The lowest BCUT2D eigenvalue weighted by molar-refractivity contribution is -0.120. The van der Waals surface area contributed by atoms with E-state index in [4.69, 9.17) is 0 Å². The minimum Gasteiger partial charge on any atom is -0.300 e. The Labute approximate surface area is 90.3 Å². The standard InChI is InChI=1S/C13H17FO/c1-8-5-12(6-10(3)11(4)15)13(14)7-9(8)2/h5,7,10H,6H2,1-4H3/t10-/m0/s1/i14-1. The first-order chi connectivity index (χ1) is 6.91. The zero-order valence-corrected chi connectivity index (χ0v) is 9.73. The molecule has 0 aliphatic rings. The summed E-state index contributed by atoms with van der Waals surface area (Å²) in [5, 5.41) is 0. The Kier molecular flexibility index (Phi) is 3.61. The fourth-order valence-corrected chi connectivity index (χ4v) is 1.47. The Bertz CT molecular complexity index is 382. The van der Waals surface area contributed by atoms with E-state index in [1.165, 1.54) is 6.07 Å². The molecule has 2 heteroatoms. The second-order valence-corrected chi connectivity index (χ2v) is 4.24. The first kappa shape index (κ1) is 11.9. The summed E-state index contributed by atoms with van der Waals surface area (Å²) in [5.74, 6) is -0.208. The van der Waals surface area contributed by atoms with Crippen LogP contribution < -0.4 is 0 Å². The molecule has 1 nitrogen and oxygen atoms in total. The average molecular weight is 207 g/mol. The van der Waals surface area contributed by atoms with Crippen LogP contribution in [0.25, 0.3) is 0 Å². The van der Waals surface area contributed by atoms with Crippen molar-refractivity contribution in [3.05, 3.63) is 34.6 Å². The van der Waals surface area contributed by atoms with Crippen LogP contribution in [-0.4, -0.2) is 5.78 Å². The van der Waals surface area contributed by atoms with E-state index in [1.54, 1.807) is 6.92 Å². The lowest BCUT2D eigenvalue weighted by Gasteiger charge is -2.10. The van der Waals surface area contributed by atoms with Crippen LogP contribution in [0.3, 0.4) is 0 Å². The van der Waals surface area contributed by atoms with Gasteiger partial charge in [0.05, 0.1) is 0 Å². The average Bonchev–Trinajstić information content (AvgIpc) is 2.13. The van der Waals surface area contributed by atoms with Crippen molar-refractivity contribution in [1.82, 2.24) is 0 Å². The van der Waals surface area contributed by atoms with Crippen LogP contribution in [0, 0.1) is 25.6 Å². The van der Waals surface area contributed by atoms with Crippen molar-refractivity contribution in [3.63, 3.8) is 0 Å². The molecule has 1 atom stereocenters. The maximum Gasteiger partial charge on any atom is 0.132 e. The molecule has 0 amide bonds. The number of carbonyl (C=O) groups is 1. The summed E-state index contributed by atoms with van der Waals surface area (Å²) in [7, 11) is 0. The molecule has 0 saturated heterocycles. The topological polar surface area (TPSA) is 17.1 Å². The summed E-state index contributed by atoms with van der Waals surface area (Å²) in [6.07, 6.45) is 0.488. The van der Waals surface area contributed by atoms with Crippen LogP contribution in [0.15, 0.2) is 12.1 Å². The zero-order chi connectivity index (χ0) is 11.6. The zero-order valence-electron chi connectivity index (χ0n) is 9.73. The van der Waals surface area contributed by atoms with Gasteiger partial charge >= 0.3 is 0 Å². The van der Waals surface area contributed by atoms with E-state index in [9.17, 15) is 9.18 Å². The molecule has 0 unspecified atom stereocenters. The van der Waals surface area contributed by atoms with Crippen LogP contribution >= 0.6 is 0 Å². The predicted molar refractivity (Wildman–Crippen MR) is 59.4 cm³/mol. The van der Waals surface area contributed by atoms with E-state index in [0.29, 0.717) is 12.0 Å². The number of aryl methyl sites for hydroxylation is 2. The summed E-state index contributed by atoms with van der Waals surface area (Å²) in [6, 6.07) is 3.38. The maximum atomic E-state index is 13.5. The largest absolute Gasteiger partial charge is 0.300 e. The molecule has 0 saturated carbocycles. The SMILES string of the molecule is CC(=O)[C@@H](C)Cc1cc(C)c(C)cc1[18F]. The Balaban J connectivity index is 2.95. The van der Waals surface area contributed by atoms with Gasteiger partial charge in [0, 0.05) is 5.92 Å². The number of Topliss-reactive ketones (excluding diaryl/α,β-unsaturated/α-hetero) is 1. The van der Waals surface area contributed by atoms with Crippen LogP contribution in [0.4, 0.5) is 4.39 Å². The molecule has 15 heavy (non-hydrogen) atoms. The second-order valence-electron chi connectivity index (χ2n) is 4.24. The number of ketones is 1. The van der Waals surface area contributed by atoms with Gasteiger partial charge in [0.1, 0.15) is 11.6 Å². The summed E-state index contributed by atoms with van der Waals surface area (Å²) < 4.78 is 13.5. The summed E-state index contributed by atoms with van der Waals surface area (Å²) in [5.41, 5.74) is 2.66. The van der Waals surface area contributed by atoms with Gasteiger partial charge in [-0.15, -0.1) is 0 Å². The van der Waals surface area contributed by atoms with E-state index in [1.807, 2.05) is 26.8 Å². The van der Waals surface area contributed by atoms with Crippen LogP contribution in [0.1, 0.15) is 30.5 Å². The molecule has 0 fully saturated rings. The highest BCUT2D eigenvalue weighted by Crippen LogP contribution is 2.18. The van der Waals surface area contributed by atoms with E-state index in [2.05, 4.69) is 0 Å². The van der Waals surface area contributed by atoms with Gasteiger partial charge in [0.15, 0.2) is 0 Å². The molecule has 0 N–H and O–H groups in total. The first-order valence-corrected chi connectivity index (χ1v) is 5.18. The fraction of sp³-hybridized carbons (Fsp3) is 0.462. The third-order valence-corrected chi connectivity index (χ3v) is 2.88. The molecule has 1 aromatic rings. The molecule has 0 aromatic heterocycles. The van der Waals surface area contributed by atoms with Gasteiger partial charge in [-0.25, -0.2) is 4.39 Å². The van der Waals surface area contributed by atoms with Crippen molar-refractivity contribution in [3.8, 4) is 0 Å². The first-order valence-electron chi connectivity index (χ1n) is 5.18. The third-order valence-electron chi connectivity index (χ3n) is 2.88. The Hall–Kier alpha value is -1.18. The number of benzene rings is 1. The molecule has 0 heterocycles. The quantitative estimate of drug-likeness (QED) is 0.743. The lowest BCUT2D eigenvalue weighted by Crippen LogP contribution is -2.11. The number of hydrogen-bond donors (Lipinski definition) is 0. The number of hydrogen-bond acceptors (Lipinski definition) is 1. The minimum absolute atomic E-state index is 0.104. The monoisotopic (exact) mass is 207 g/mol. The molecule has 82 valence electrons. The predicted octanol–water partition coefficient (Wildman–Crippen LogP) is 3.21. The van der Waals surface area contributed by atoms with E-state index in [0.717, 1.165) is 11.1 Å². The highest BCUT2D eigenvalue weighted by atomic mass is 18.2. The second kappa shape index (κ2) is 4.56. The van der Waals surface area contributed by atoms with Gasteiger partial charge in [-0.2, -0.15) is 0 Å². The van der Waals surface area contributed by atoms with Crippen LogP contribution in [0.5, 0.6) is 0 Å². The minimum atomic E-state index is -0.203. The maximum absolute atomic E-state index is 13.5. The van der Waals surface area contributed by atoms with E-state index in [-0.39, 0.29) is 17.5 Å². The van der Waals surface area contributed by atoms with Gasteiger partial charge < -0.3 is 0 Å². The molecule has 0 radical (unpaired) electrons. The normalized spacial score (nSPS) is 12.6. The van der Waals surface area contributed by atoms with E-state index >= 15 is 0 Å². The van der Waals surface area contributed by atoms with Gasteiger partial charge in [-0.3, -0.25) is 4.79 Å².